The van der Waals surface area contributed by atoms with E-state index in [1.54, 1.807) is 12.4 Å². The molecule has 1 aromatic rings. The van der Waals surface area contributed by atoms with Crippen molar-refractivity contribution in [2.45, 2.75) is 12.5 Å². The summed E-state index contributed by atoms with van der Waals surface area (Å²) in [6.07, 6.45) is 3.56. The molecule has 60 valence electrons. The summed E-state index contributed by atoms with van der Waals surface area (Å²) in [6.45, 7) is 1.60. The Labute approximate surface area is 71.0 Å². The van der Waals surface area contributed by atoms with E-state index in [1.807, 2.05) is 6.07 Å². The van der Waals surface area contributed by atoms with Gasteiger partial charge in [-0.1, -0.05) is 0 Å². The highest BCUT2D eigenvalue weighted by Crippen LogP contribution is 2.21. The lowest BCUT2D eigenvalue weighted by Gasteiger charge is -2.20. The largest absolute Gasteiger partial charge is 0.311 e. The fourth-order valence-corrected chi connectivity index (χ4v) is 1.49. The number of hydrogen-bond acceptors (Lipinski definition) is 3. The predicted octanol–water partition coefficient (Wildman–Crippen LogP) is 0.792. The molecule has 1 aromatic heterocycles. The first-order valence-corrected chi connectivity index (χ1v) is 3.95. The standard InChI is InChI=1S/C9H9N3/c10-3-8-5-12-4-7-1-2-11-6-9(7)8/h1-2,6,8,12H,4-5H2. The van der Waals surface area contributed by atoms with Crippen LogP contribution in [0.5, 0.6) is 0 Å². The Bertz CT molecular complexity index is 327. The Balaban J connectivity index is 2.45. The Kier molecular flexibility index (Phi) is 1.77. The molecule has 1 aliphatic heterocycles. The van der Waals surface area contributed by atoms with Crippen molar-refractivity contribution in [3.05, 3.63) is 29.6 Å². The van der Waals surface area contributed by atoms with Crippen LogP contribution in [0.1, 0.15) is 17.0 Å². The molecule has 0 saturated carbocycles. The van der Waals surface area contributed by atoms with Gasteiger partial charge in [0.25, 0.3) is 0 Å². The zero-order valence-electron chi connectivity index (χ0n) is 6.62. The molecule has 3 heteroatoms. The maximum atomic E-state index is 8.82. The first kappa shape index (κ1) is 7.26. The number of pyridine rings is 1. The van der Waals surface area contributed by atoms with E-state index in [0.717, 1.165) is 18.7 Å². The molecule has 1 N–H and O–H groups in total. The van der Waals surface area contributed by atoms with Crippen molar-refractivity contribution >= 4 is 0 Å². The van der Waals surface area contributed by atoms with E-state index in [0.29, 0.717) is 0 Å². The lowest BCUT2D eigenvalue weighted by Crippen LogP contribution is -2.27. The molecule has 1 aliphatic rings. The molecule has 0 saturated heterocycles. The fourth-order valence-electron chi connectivity index (χ4n) is 1.49. The van der Waals surface area contributed by atoms with Gasteiger partial charge in [-0.15, -0.1) is 0 Å². The Morgan fingerprint density at radius 3 is 3.42 bits per heavy atom. The van der Waals surface area contributed by atoms with Gasteiger partial charge >= 0.3 is 0 Å². The quantitative estimate of drug-likeness (QED) is 0.609. The number of nitriles is 1. The molecule has 2 rings (SSSR count). The third kappa shape index (κ3) is 1.06. The predicted molar refractivity (Wildman–Crippen MR) is 44.3 cm³/mol. The van der Waals surface area contributed by atoms with Crippen molar-refractivity contribution in [3.8, 4) is 6.07 Å². The second-order valence-electron chi connectivity index (χ2n) is 2.89. The zero-order valence-corrected chi connectivity index (χ0v) is 6.62. The highest BCUT2D eigenvalue weighted by atomic mass is 14.9. The van der Waals surface area contributed by atoms with Gasteiger partial charge in [0.05, 0.1) is 12.0 Å². The minimum atomic E-state index is -0.0255. The fraction of sp³-hybridized carbons (Fsp3) is 0.333. The molecule has 0 radical (unpaired) electrons. The molecule has 0 amide bonds. The van der Waals surface area contributed by atoms with Crippen LogP contribution in [0.2, 0.25) is 0 Å². The topological polar surface area (TPSA) is 48.7 Å². The molecule has 1 unspecified atom stereocenters. The summed E-state index contributed by atoms with van der Waals surface area (Å²) in [5.74, 6) is -0.0255. The summed E-state index contributed by atoms with van der Waals surface area (Å²) in [5.41, 5.74) is 2.28. The van der Waals surface area contributed by atoms with Crippen LogP contribution in [0.3, 0.4) is 0 Å². The van der Waals surface area contributed by atoms with Gasteiger partial charge in [0, 0.05) is 25.5 Å². The number of rotatable bonds is 0. The van der Waals surface area contributed by atoms with E-state index in [9.17, 15) is 0 Å². The van der Waals surface area contributed by atoms with Gasteiger partial charge in [-0.25, -0.2) is 0 Å². The molecule has 2 heterocycles. The number of hydrogen-bond donors (Lipinski definition) is 1. The highest BCUT2D eigenvalue weighted by Gasteiger charge is 2.18. The second-order valence-corrected chi connectivity index (χ2v) is 2.89. The molecule has 12 heavy (non-hydrogen) atoms. The van der Waals surface area contributed by atoms with Gasteiger partial charge in [-0.05, 0) is 17.2 Å². The molecular weight excluding hydrogens is 150 g/mol. The molecule has 0 spiro atoms. The van der Waals surface area contributed by atoms with Crippen LogP contribution in [-0.4, -0.2) is 11.5 Å². The number of aromatic nitrogens is 1. The van der Waals surface area contributed by atoms with Crippen molar-refractivity contribution in [1.29, 1.82) is 5.26 Å². The molecular formula is C9H9N3. The summed E-state index contributed by atoms with van der Waals surface area (Å²) in [4.78, 5) is 4.02. The Morgan fingerprint density at radius 1 is 1.67 bits per heavy atom. The minimum absolute atomic E-state index is 0.0255. The average Bonchev–Trinajstić information content (AvgIpc) is 2.17. The van der Waals surface area contributed by atoms with Crippen LogP contribution in [0, 0.1) is 11.3 Å². The van der Waals surface area contributed by atoms with Crippen LogP contribution in [-0.2, 0) is 6.54 Å². The smallest absolute Gasteiger partial charge is 0.0855 e. The number of fused-ring (bicyclic) bond motifs is 1. The van der Waals surface area contributed by atoms with Crippen LogP contribution in [0.15, 0.2) is 18.5 Å². The van der Waals surface area contributed by atoms with Gasteiger partial charge in [-0.2, -0.15) is 5.26 Å². The van der Waals surface area contributed by atoms with E-state index in [1.165, 1.54) is 5.56 Å². The maximum Gasteiger partial charge on any atom is 0.0855 e. The summed E-state index contributed by atoms with van der Waals surface area (Å²) < 4.78 is 0. The molecule has 0 aromatic carbocycles. The van der Waals surface area contributed by atoms with E-state index in [-0.39, 0.29) is 5.92 Å². The third-order valence-corrected chi connectivity index (χ3v) is 2.14. The van der Waals surface area contributed by atoms with Crippen molar-refractivity contribution < 1.29 is 0 Å². The summed E-state index contributed by atoms with van der Waals surface area (Å²) in [7, 11) is 0. The first-order chi connectivity index (χ1) is 5.92. The number of nitrogens with zero attached hydrogens (tertiary/aromatic N) is 2. The van der Waals surface area contributed by atoms with Crippen LogP contribution in [0.25, 0.3) is 0 Å². The van der Waals surface area contributed by atoms with E-state index >= 15 is 0 Å². The molecule has 3 nitrogen and oxygen atoms in total. The molecule has 0 aliphatic carbocycles. The van der Waals surface area contributed by atoms with Crippen molar-refractivity contribution in [1.82, 2.24) is 10.3 Å². The third-order valence-electron chi connectivity index (χ3n) is 2.14. The van der Waals surface area contributed by atoms with Gasteiger partial charge in [0.2, 0.25) is 0 Å². The number of nitrogens with one attached hydrogen (secondary N) is 1. The van der Waals surface area contributed by atoms with Crippen molar-refractivity contribution in [3.63, 3.8) is 0 Å². The van der Waals surface area contributed by atoms with Gasteiger partial charge in [-0.3, -0.25) is 4.98 Å². The molecule has 0 bridgehead atoms. The van der Waals surface area contributed by atoms with Crippen LogP contribution >= 0.6 is 0 Å². The summed E-state index contributed by atoms with van der Waals surface area (Å²) in [6, 6.07) is 4.22. The van der Waals surface area contributed by atoms with E-state index in [2.05, 4.69) is 16.4 Å². The van der Waals surface area contributed by atoms with Gasteiger partial charge < -0.3 is 5.32 Å². The highest BCUT2D eigenvalue weighted by molar-refractivity contribution is 5.33. The van der Waals surface area contributed by atoms with Gasteiger partial charge in [0.15, 0.2) is 0 Å². The van der Waals surface area contributed by atoms with E-state index in [4.69, 9.17) is 5.26 Å². The SMILES string of the molecule is N#CC1CNCc2ccncc21. The molecule has 1 atom stereocenters. The zero-order chi connectivity index (χ0) is 8.39. The van der Waals surface area contributed by atoms with Crippen LogP contribution < -0.4 is 5.32 Å². The second kappa shape index (κ2) is 2.92. The van der Waals surface area contributed by atoms with Gasteiger partial charge in [0.1, 0.15) is 0 Å². The first-order valence-electron chi connectivity index (χ1n) is 3.95. The Morgan fingerprint density at radius 2 is 2.58 bits per heavy atom. The molecule has 0 fully saturated rings. The van der Waals surface area contributed by atoms with Crippen molar-refractivity contribution in [2.24, 2.45) is 0 Å². The summed E-state index contributed by atoms with van der Waals surface area (Å²) >= 11 is 0. The Hall–Kier alpha value is -1.40. The lowest BCUT2D eigenvalue weighted by atomic mass is 9.94. The monoisotopic (exact) mass is 159 g/mol. The normalized spacial score (nSPS) is 21.1. The van der Waals surface area contributed by atoms with E-state index < -0.39 is 0 Å². The van der Waals surface area contributed by atoms with Crippen molar-refractivity contribution in [2.75, 3.05) is 6.54 Å². The minimum Gasteiger partial charge on any atom is -0.311 e. The average molecular weight is 159 g/mol. The maximum absolute atomic E-state index is 8.82. The van der Waals surface area contributed by atoms with Crippen LogP contribution in [0.4, 0.5) is 0 Å². The lowest BCUT2D eigenvalue weighted by molar-refractivity contribution is 0.604. The summed E-state index contributed by atoms with van der Waals surface area (Å²) in [5, 5.41) is 12.0.